The molecule has 0 aromatic rings. The SMILES string of the molecule is C=C(C)C(=O)NC1=CC(O)(C(C)=O)C(C(=O)OC)C=C1. The number of hydrogen-bond acceptors (Lipinski definition) is 5. The Labute approximate surface area is 116 Å². The maximum absolute atomic E-state index is 11.7. The fraction of sp³-hybridized carbons (Fsp3) is 0.357. The number of ether oxygens (including phenoxy) is 1. The van der Waals surface area contributed by atoms with Gasteiger partial charge in [-0.1, -0.05) is 12.7 Å². The summed E-state index contributed by atoms with van der Waals surface area (Å²) < 4.78 is 4.56. The average molecular weight is 279 g/mol. The van der Waals surface area contributed by atoms with Gasteiger partial charge in [-0.15, -0.1) is 0 Å². The van der Waals surface area contributed by atoms with E-state index >= 15 is 0 Å². The number of allylic oxidation sites excluding steroid dienone is 1. The van der Waals surface area contributed by atoms with Gasteiger partial charge in [-0.3, -0.25) is 14.4 Å². The van der Waals surface area contributed by atoms with Gasteiger partial charge >= 0.3 is 5.97 Å². The zero-order valence-electron chi connectivity index (χ0n) is 11.6. The summed E-state index contributed by atoms with van der Waals surface area (Å²) >= 11 is 0. The molecule has 0 bridgehead atoms. The Morgan fingerprint density at radius 3 is 2.45 bits per heavy atom. The van der Waals surface area contributed by atoms with Crippen LogP contribution in [0.1, 0.15) is 13.8 Å². The monoisotopic (exact) mass is 279 g/mol. The minimum atomic E-state index is -2.04. The first-order valence-corrected chi connectivity index (χ1v) is 5.91. The van der Waals surface area contributed by atoms with E-state index in [1.165, 1.54) is 26.2 Å². The zero-order valence-corrected chi connectivity index (χ0v) is 11.6. The van der Waals surface area contributed by atoms with E-state index in [1.807, 2.05) is 0 Å². The number of Topliss-reactive ketones (excluding diaryl/α,β-unsaturated/α-hetero) is 1. The molecule has 1 aliphatic rings. The van der Waals surface area contributed by atoms with Crippen molar-refractivity contribution in [3.05, 3.63) is 36.1 Å². The van der Waals surface area contributed by atoms with Crippen LogP contribution in [-0.4, -0.2) is 35.5 Å². The lowest BCUT2D eigenvalue weighted by Crippen LogP contribution is -2.48. The molecule has 1 aliphatic carbocycles. The van der Waals surface area contributed by atoms with Crippen LogP contribution in [0.15, 0.2) is 36.1 Å². The smallest absolute Gasteiger partial charge is 0.316 e. The van der Waals surface area contributed by atoms with Crippen molar-refractivity contribution in [2.45, 2.75) is 19.4 Å². The van der Waals surface area contributed by atoms with Crippen molar-refractivity contribution < 1.29 is 24.2 Å². The molecular formula is C14H17NO5. The summed E-state index contributed by atoms with van der Waals surface area (Å²) in [5.74, 6) is -2.95. The van der Waals surface area contributed by atoms with Crippen molar-refractivity contribution in [3.63, 3.8) is 0 Å². The second-order valence-corrected chi connectivity index (χ2v) is 4.58. The van der Waals surface area contributed by atoms with Crippen molar-refractivity contribution in [3.8, 4) is 0 Å². The number of nitrogens with one attached hydrogen (secondary N) is 1. The Hall–Kier alpha value is -2.21. The van der Waals surface area contributed by atoms with E-state index in [2.05, 4.69) is 16.6 Å². The largest absolute Gasteiger partial charge is 0.468 e. The number of carbonyl (C=O) groups is 3. The van der Waals surface area contributed by atoms with Gasteiger partial charge in [0.05, 0.1) is 7.11 Å². The summed E-state index contributed by atoms with van der Waals surface area (Å²) in [7, 11) is 1.17. The van der Waals surface area contributed by atoms with Gasteiger partial charge in [0.15, 0.2) is 11.4 Å². The molecule has 108 valence electrons. The molecule has 6 heteroatoms. The van der Waals surface area contributed by atoms with E-state index in [4.69, 9.17) is 0 Å². The minimum absolute atomic E-state index is 0.218. The van der Waals surface area contributed by atoms with Crippen molar-refractivity contribution in [1.82, 2.24) is 5.32 Å². The van der Waals surface area contributed by atoms with Gasteiger partial charge in [0, 0.05) is 11.3 Å². The summed E-state index contributed by atoms with van der Waals surface area (Å²) in [5.41, 5.74) is -1.55. The predicted molar refractivity (Wildman–Crippen MR) is 71.3 cm³/mol. The first-order valence-electron chi connectivity index (χ1n) is 5.91. The molecule has 6 nitrogen and oxygen atoms in total. The predicted octanol–water partition coefficient (Wildman–Crippen LogP) is 0.242. The van der Waals surface area contributed by atoms with Crippen LogP contribution in [0.25, 0.3) is 0 Å². The van der Waals surface area contributed by atoms with Crippen molar-refractivity contribution >= 4 is 17.7 Å². The minimum Gasteiger partial charge on any atom is -0.468 e. The van der Waals surface area contributed by atoms with E-state index < -0.39 is 29.2 Å². The van der Waals surface area contributed by atoms with Crippen LogP contribution < -0.4 is 5.32 Å². The number of ketones is 1. The highest BCUT2D eigenvalue weighted by atomic mass is 16.5. The quantitative estimate of drug-likeness (QED) is 0.568. The second kappa shape index (κ2) is 5.83. The summed E-state index contributed by atoms with van der Waals surface area (Å²) in [6.45, 7) is 6.16. The number of aliphatic hydroxyl groups is 1. The number of carbonyl (C=O) groups excluding carboxylic acids is 3. The second-order valence-electron chi connectivity index (χ2n) is 4.58. The highest BCUT2D eigenvalue weighted by Crippen LogP contribution is 2.28. The summed E-state index contributed by atoms with van der Waals surface area (Å²) in [6, 6.07) is 0. The third kappa shape index (κ3) is 3.03. The van der Waals surface area contributed by atoms with Crippen LogP contribution in [0.2, 0.25) is 0 Å². The van der Waals surface area contributed by atoms with E-state index in [0.717, 1.165) is 13.0 Å². The maximum Gasteiger partial charge on any atom is 0.316 e. The van der Waals surface area contributed by atoms with E-state index in [9.17, 15) is 19.5 Å². The third-order valence-corrected chi connectivity index (χ3v) is 2.98. The highest BCUT2D eigenvalue weighted by molar-refractivity contribution is 5.96. The van der Waals surface area contributed by atoms with Gasteiger partial charge in [0.1, 0.15) is 5.92 Å². The van der Waals surface area contributed by atoms with Gasteiger partial charge in [-0.2, -0.15) is 0 Å². The number of hydrogen-bond donors (Lipinski definition) is 2. The summed E-state index contributed by atoms with van der Waals surface area (Å²) in [4.78, 5) is 34.8. The van der Waals surface area contributed by atoms with Crippen LogP contribution in [0.5, 0.6) is 0 Å². The Bertz CT molecular complexity index is 532. The van der Waals surface area contributed by atoms with Gasteiger partial charge in [0.25, 0.3) is 5.91 Å². The molecule has 1 rings (SSSR count). The fourth-order valence-electron chi connectivity index (χ4n) is 1.74. The lowest BCUT2D eigenvalue weighted by molar-refractivity contribution is -0.155. The van der Waals surface area contributed by atoms with Gasteiger partial charge < -0.3 is 15.2 Å². The molecule has 20 heavy (non-hydrogen) atoms. The van der Waals surface area contributed by atoms with Gasteiger partial charge in [-0.25, -0.2) is 0 Å². The Kier molecular flexibility index (Phi) is 4.62. The molecule has 2 N–H and O–H groups in total. The third-order valence-electron chi connectivity index (χ3n) is 2.98. The van der Waals surface area contributed by atoms with Crippen LogP contribution >= 0.6 is 0 Å². The number of rotatable bonds is 4. The maximum atomic E-state index is 11.7. The van der Waals surface area contributed by atoms with Gasteiger partial charge in [0.2, 0.25) is 0 Å². The molecule has 0 aromatic heterocycles. The van der Waals surface area contributed by atoms with Crippen LogP contribution in [0.3, 0.4) is 0 Å². The Balaban J connectivity index is 3.11. The molecule has 0 saturated heterocycles. The van der Waals surface area contributed by atoms with Crippen molar-refractivity contribution in [2.24, 2.45) is 5.92 Å². The molecular weight excluding hydrogens is 262 g/mol. The zero-order chi connectivity index (χ0) is 15.5. The summed E-state index contributed by atoms with van der Waals surface area (Å²) in [5, 5.41) is 12.9. The Morgan fingerprint density at radius 1 is 1.40 bits per heavy atom. The molecule has 0 heterocycles. The lowest BCUT2D eigenvalue weighted by Gasteiger charge is -2.31. The molecule has 1 amide bonds. The first-order chi connectivity index (χ1) is 9.22. The lowest BCUT2D eigenvalue weighted by atomic mass is 9.80. The number of esters is 1. The fourth-order valence-corrected chi connectivity index (χ4v) is 1.74. The highest BCUT2D eigenvalue weighted by Gasteiger charge is 2.45. The van der Waals surface area contributed by atoms with Crippen LogP contribution in [0, 0.1) is 5.92 Å². The molecule has 0 fully saturated rings. The first kappa shape index (κ1) is 15.8. The molecule has 0 saturated carbocycles. The molecule has 2 atom stereocenters. The van der Waals surface area contributed by atoms with E-state index in [-0.39, 0.29) is 11.3 Å². The van der Waals surface area contributed by atoms with Gasteiger partial charge in [-0.05, 0) is 26.0 Å². The standard InChI is InChI=1S/C14H17NO5/c1-8(2)12(17)15-10-5-6-11(13(18)20-4)14(19,7-10)9(3)16/h5-7,11,19H,1H2,2-4H3,(H,15,17). The average Bonchev–Trinajstić information content (AvgIpc) is 2.37. The topological polar surface area (TPSA) is 92.7 Å². The normalized spacial score (nSPS) is 24.6. The molecule has 0 spiro atoms. The Morgan fingerprint density at radius 2 is 2.00 bits per heavy atom. The van der Waals surface area contributed by atoms with Crippen LogP contribution in [-0.2, 0) is 19.1 Å². The van der Waals surface area contributed by atoms with Crippen molar-refractivity contribution in [2.75, 3.05) is 7.11 Å². The molecule has 0 aliphatic heterocycles. The molecule has 2 unspecified atom stereocenters. The summed E-state index contributed by atoms with van der Waals surface area (Å²) in [6.07, 6.45) is 3.89. The molecule has 0 radical (unpaired) electrons. The van der Waals surface area contributed by atoms with Crippen LogP contribution in [0.4, 0.5) is 0 Å². The number of methoxy groups -OCH3 is 1. The van der Waals surface area contributed by atoms with Crippen molar-refractivity contribution in [1.29, 1.82) is 0 Å². The molecule has 0 aromatic carbocycles. The van der Waals surface area contributed by atoms with E-state index in [1.54, 1.807) is 0 Å². The van der Waals surface area contributed by atoms with E-state index in [0.29, 0.717) is 0 Å². The number of amides is 1.